The van der Waals surface area contributed by atoms with Gasteiger partial charge in [-0.05, 0) is 6.58 Å². The van der Waals surface area contributed by atoms with Crippen LogP contribution in [-0.2, 0) is 4.74 Å². The number of hydrogen-bond acceptors (Lipinski definition) is 2. The summed E-state index contributed by atoms with van der Waals surface area (Å²) in [5, 5.41) is 2.90. The van der Waals surface area contributed by atoms with Gasteiger partial charge in [-0.15, -0.1) is 0 Å². The first-order valence-electron chi connectivity index (χ1n) is 2.95. The van der Waals surface area contributed by atoms with E-state index in [1.165, 1.54) is 0 Å². The second-order valence-electron chi connectivity index (χ2n) is 1.20. The summed E-state index contributed by atoms with van der Waals surface area (Å²) in [4.78, 5) is 0. The van der Waals surface area contributed by atoms with Crippen LogP contribution in [0.5, 0.6) is 0 Å². The van der Waals surface area contributed by atoms with Crippen LogP contribution in [0.15, 0.2) is 12.5 Å². The molecule has 0 atom stereocenters. The highest BCUT2D eigenvalue weighted by molar-refractivity contribution is 4.82. The van der Waals surface area contributed by atoms with Crippen LogP contribution in [0.2, 0.25) is 0 Å². The Labute approximate surface area is 50.5 Å². The summed E-state index contributed by atoms with van der Waals surface area (Å²) in [6.07, 6.45) is 0. The van der Waals surface area contributed by atoms with Gasteiger partial charge in [-0.2, -0.15) is 0 Å². The molecular weight excluding hydrogens is 102 g/mol. The minimum Gasteiger partial charge on any atom is -0.478 e. The highest BCUT2D eigenvalue weighted by atomic mass is 16.5. The number of rotatable bonds is 0. The molecule has 8 heavy (non-hydrogen) atoms. The van der Waals surface area contributed by atoms with E-state index in [1.807, 2.05) is 13.8 Å². The van der Waals surface area contributed by atoms with Crippen LogP contribution in [0.25, 0.3) is 0 Å². The molecule has 48 valence electrons. The van der Waals surface area contributed by atoms with Crippen molar-refractivity contribution in [3.05, 3.63) is 12.5 Å². The van der Waals surface area contributed by atoms with Gasteiger partial charge in [0.1, 0.15) is 6.61 Å². The standard InChI is InChI=1S/C4H7NO.C2H6/c1-4-5-2-3-6-4;1-2/h5H,1-3H2;1-2H3. The summed E-state index contributed by atoms with van der Waals surface area (Å²) in [6, 6.07) is 0. The van der Waals surface area contributed by atoms with Crippen molar-refractivity contribution in [2.45, 2.75) is 13.8 Å². The fraction of sp³-hybridized carbons (Fsp3) is 0.667. The maximum absolute atomic E-state index is 4.85. The van der Waals surface area contributed by atoms with Crippen molar-refractivity contribution in [2.75, 3.05) is 13.2 Å². The molecule has 0 aromatic rings. The van der Waals surface area contributed by atoms with Gasteiger partial charge in [0, 0.05) is 0 Å². The highest BCUT2D eigenvalue weighted by Gasteiger charge is 1.98. The Hall–Kier alpha value is -0.660. The van der Waals surface area contributed by atoms with Gasteiger partial charge in [0.15, 0.2) is 5.88 Å². The minimum atomic E-state index is 0.704. The van der Waals surface area contributed by atoms with E-state index in [1.54, 1.807) is 0 Å². The molecule has 0 aliphatic carbocycles. The molecule has 1 aliphatic heterocycles. The van der Waals surface area contributed by atoms with Crippen LogP contribution < -0.4 is 5.32 Å². The second kappa shape index (κ2) is 4.50. The Kier molecular flexibility index (Phi) is 4.13. The van der Waals surface area contributed by atoms with Gasteiger partial charge in [-0.1, -0.05) is 13.8 Å². The predicted molar refractivity (Wildman–Crippen MR) is 34.4 cm³/mol. The molecule has 0 bridgehead atoms. The van der Waals surface area contributed by atoms with Gasteiger partial charge >= 0.3 is 0 Å². The largest absolute Gasteiger partial charge is 0.478 e. The van der Waals surface area contributed by atoms with Crippen molar-refractivity contribution in [3.63, 3.8) is 0 Å². The van der Waals surface area contributed by atoms with E-state index in [-0.39, 0.29) is 0 Å². The second-order valence-corrected chi connectivity index (χ2v) is 1.20. The molecule has 1 N–H and O–H groups in total. The number of ether oxygens (including phenoxy) is 1. The predicted octanol–water partition coefficient (Wildman–Crippen LogP) is 1.10. The average molecular weight is 115 g/mol. The maximum atomic E-state index is 4.85. The summed E-state index contributed by atoms with van der Waals surface area (Å²) in [5.41, 5.74) is 0. The molecule has 0 amide bonds. The SMILES string of the molecule is C=C1NCCO1.CC. The van der Waals surface area contributed by atoms with Gasteiger partial charge < -0.3 is 10.1 Å². The highest BCUT2D eigenvalue weighted by Crippen LogP contribution is 1.92. The molecular formula is C6H13NO. The lowest BCUT2D eigenvalue weighted by molar-refractivity contribution is 0.267. The van der Waals surface area contributed by atoms with Gasteiger partial charge in [-0.25, -0.2) is 0 Å². The summed E-state index contributed by atoms with van der Waals surface area (Å²) >= 11 is 0. The fourth-order valence-corrected chi connectivity index (χ4v) is 0.416. The molecule has 1 heterocycles. The van der Waals surface area contributed by atoms with Crippen molar-refractivity contribution >= 4 is 0 Å². The molecule has 1 saturated heterocycles. The van der Waals surface area contributed by atoms with Gasteiger partial charge in [0.25, 0.3) is 0 Å². The lowest BCUT2D eigenvalue weighted by atomic mass is 10.7. The quantitative estimate of drug-likeness (QED) is 0.510. The molecule has 0 unspecified atom stereocenters. The number of nitrogens with one attached hydrogen (secondary N) is 1. The Bertz CT molecular complexity index is 62.9. The van der Waals surface area contributed by atoms with E-state index in [4.69, 9.17) is 4.74 Å². The summed E-state index contributed by atoms with van der Waals surface area (Å²) in [7, 11) is 0. The first-order chi connectivity index (χ1) is 3.89. The van der Waals surface area contributed by atoms with E-state index in [0.717, 1.165) is 13.2 Å². The molecule has 1 fully saturated rings. The van der Waals surface area contributed by atoms with Crippen LogP contribution in [0, 0.1) is 0 Å². The fourth-order valence-electron chi connectivity index (χ4n) is 0.416. The van der Waals surface area contributed by atoms with Crippen LogP contribution in [0.1, 0.15) is 13.8 Å². The van der Waals surface area contributed by atoms with Gasteiger partial charge in [-0.3, -0.25) is 0 Å². The summed E-state index contributed by atoms with van der Waals surface area (Å²) < 4.78 is 4.85. The van der Waals surface area contributed by atoms with Crippen LogP contribution in [0.3, 0.4) is 0 Å². The van der Waals surface area contributed by atoms with Crippen molar-refractivity contribution in [3.8, 4) is 0 Å². The molecule has 0 saturated carbocycles. The third kappa shape index (κ3) is 2.50. The molecule has 1 aliphatic rings. The zero-order chi connectivity index (χ0) is 6.41. The molecule has 0 aromatic carbocycles. The van der Waals surface area contributed by atoms with Crippen molar-refractivity contribution in [2.24, 2.45) is 0 Å². The Morgan fingerprint density at radius 1 is 1.62 bits per heavy atom. The van der Waals surface area contributed by atoms with E-state index in [2.05, 4.69) is 11.9 Å². The Balaban J connectivity index is 0.000000222. The molecule has 2 nitrogen and oxygen atoms in total. The van der Waals surface area contributed by atoms with E-state index < -0.39 is 0 Å². The average Bonchev–Trinajstić information content (AvgIpc) is 2.24. The first-order valence-corrected chi connectivity index (χ1v) is 2.95. The monoisotopic (exact) mass is 115 g/mol. The van der Waals surface area contributed by atoms with E-state index in [0.29, 0.717) is 5.88 Å². The number of hydrogen-bond donors (Lipinski definition) is 1. The molecule has 0 radical (unpaired) electrons. The van der Waals surface area contributed by atoms with Crippen LogP contribution in [-0.4, -0.2) is 13.2 Å². The third-order valence-electron chi connectivity index (χ3n) is 0.701. The normalized spacial score (nSPS) is 15.5. The molecule has 2 heteroatoms. The van der Waals surface area contributed by atoms with Crippen molar-refractivity contribution < 1.29 is 4.74 Å². The lowest BCUT2D eigenvalue weighted by Crippen LogP contribution is -2.02. The topological polar surface area (TPSA) is 21.3 Å². The van der Waals surface area contributed by atoms with Crippen LogP contribution >= 0.6 is 0 Å². The Morgan fingerprint density at radius 2 is 2.25 bits per heavy atom. The maximum Gasteiger partial charge on any atom is 0.179 e. The Morgan fingerprint density at radius 3 is 2.38 bits per heavy atom. The first kappa shape index (κ1) is 7.34. The minimum absolute atomic E-state index is 0.704. The molecule has 0 spiro atoms. The lowest BCUT2D eigenvalue weighted by Gasteiger charge is -1.88. The van der Waals surface area contributed by atoms with Crippen molar-refractivity contribution in [1.82, 2.24) is 5.32 Å². The van der Waals surface area contributed by atoms with Crippen LogP contribution in [0.4, 0.5) is 0 Å². The summed E-state index contributed by atoms with van der Waals surface area (Å²) in [5.74, 6) is 0.704. The smallest absolute Gasteiger partial charge is 0.179 e. The van der Waals surface area contributed by atoms with Gasteiger partial charge in [0.2, 0.25) is 0 Å². The molecule has 1 rings (SSSR count). The third-order valence-corrected chi connectivity index (χ3v) is 0.701. The van der Waals surface area contributed by atoms with E-state index in [9.17, 15) is 0 Å². The summed E-state index contributed by atoms with van der Waals surface area (Å²) in [6.45, 7) is 9.21. The molecule has 0 aromatic heterocycles. The van der Waals surface area contributed by atoms with Crippen molar-refractivity contribution in [1.29, 1.82) is 0 Å². The van der Waals surface area contributed by atoms with Gasteiger partial charge in [0.05, 0.1) is 6.54 Å². The van der Waals surface area contributed by atoms with E-state index >= 15 is 0 Å². The zero-order valence-electron chi connectivity index (χ0n) is 5.53. The zero-order valence-corrected chi connectivity index (χ0v) is 5.53.